The molecule has 0 fully saturated rings. The molecule has 0 saturated heterocycles. The van der Waals surface area contributed by atoms with E-state index in [9.17, 15) is 21.6 Å². The number of sulfonamides is 1. The lowest BCUT2D eigenvalue weighted by atomic mass is 10.0. The SMILES string of the molecule is COc1cc2nc(-c3cccc(CC(F)(F)F)c3)cc(C)c2cc1NS(C)(=O)=O. The van der Waals surface area contributed by atoms with Crippen LogP contribution in [-0.2, 0) is 16.4 Å². The van der Waals surface area contributed by atoms with Crippen molar-refractivity contribution < 1.29 is 26.3 Å². The predicted molar refractivity (Wildman–Crippen MR) is 107 cm³/mol. The number of benzene rings is 2. The standard InChI is InChI=1S/C20H19F3N2O3S/c1-12-7-16(14-6-4-5-13(8-14)11-20(21,22)23)24-17-10-19(28-2)18(9-15(12)17)25-29(3,26)27/h4-10,25H,11H2,1-3H3. The zero-order valence-electron chi connectivity index (χ0n) is 16.0. The summed E-state index contributed by atoms with van der Waals surface area (Å²) >= 11 is 0. The smallest absolute Gasteiger partial charge is 0.393 e. The van der Waals surface area contributed by atoms with E-state index < -0.39 is 22.6 Å². The molecule has 0 atom stereocenters. The lowest BCUT2D eigenvalue weighted by Gasteiger charge is -2.14. The van der Waals surface area contributed by atoms with E-state index in [0.29, 0.717) is 22.2 Å². The van der Waals surface area contributed by atoms with Crippen molar-refractivity contribution in [3.8, 4) is 17.0 Å². The first-order chi connectivity index (χ1) is 13.4. The molecule has 9 heteroatoms. The Balaban J connectivity index is 2.10. The van der Waals surface area contributed by atoms with Crippen molar-refractivity contribution >= 4 is 26.6 Å². The second-order valence-corrected chi connectivity index (χ2v) is 8.51. The van der Waals surface area contributed by atoms with Crippen molar-refractivity contribution in [2.45, 2.75) is 19.5 Å². The molecule has 29 heavy (non-hydrogen) atoms. The van der Waals surface area contributed by atoms with Gasteiger partial charge in [0.2, 0.25) is 10.0 Å². The molecule has 0 aliphatic heterocycles. The fourth-order valence-corrected chi connectivity index (χ4v) is 3.65. The monoisotopic (exact) mass is 424 g/mol. The highest BCUT2D eigenvalue weighted by molar-refractivity contribution is 7.92. The molecule has 3 aromatic rings. The van der Waals surface area contributed by atoms with Crippen LogP contribution in [0.1, 0.15) is 11.1 Å². The van der Waals surface area contributed by atoms with Gasteiger partial charge in [0.25, 0.3) is 0 Å². The van der Waals surface area contributed by atoms with Crippen molar-refractivity contribution in [1.29, 1.82) is 0 Å². The van der Waals surface area contributed by atoms with Gasteiger partial charge in [0.05, 0.1) is 36.7 Å². The Kier molecular flexibility index (Phi) is 5.44. The predicted octanol–water partition coefficient (Wildman–Crippen LogP) is 4.70. The van der Waals surface area contributed by atoms with E-state index in [-0.39, 0.29) is 17.0 Å². The molecule has 1 N–H and O–H groups in total. The first-order valence-corrected chi connectivity index (χ1v) is 10.5. The van der Waals surface area contributed by atoms with Crippen LogP contribution in [0, 0.1) is 6.92 Å². The van der Waals surface area contributed by atoms with Gasteiger partial charge in [-0.05, 0) is 36.2 Å². The highest BCUT2D eigenvalue weighted by Crippen LogP contribution is 2.34. The summed E-state index contributed by atoms with van der Waals surface area (Å²) in [7, 11) is -2.10. The van der Waals surface area contributed by atoms with Gasteiger partial charge in [0, 0.05) is 17.0 Å². The third-order valence-electron chi connectivity index (χ3n) is 4.26. The summed E-state index contributed by atoms with van der Waals surface area (Å²) in [5.74, 6) is 0.290. The average Bonchev–Trinajstić information content (AvgIpc) is 2.59. The number of hydrogen-bond donors (Lipinski definition) is 1. The molecule has 0 aliphatic carbocycles. The fourth-order valence-electron chi connectivity index (χ4n) is 3.09. The van der Waals surface area contributed by atoms with Crippen molar-refractivity contribution in [2.75, 3.05) is 18.1 Å². The molecule has 0 radical (unpaired) electrons. The lowest BCUT2D eigenvalue weighted by molar-refractivity contribution is -0.127. The van der Waals surface area contributed by atoms with Gasteiger partial charge in [-0.25, -0.2) is 13.4 Å². The van der Waals surface area contributed by atoms with Crippen LogP contribution in [0.4, 0.5) is 18.9 Å². The van der Waals surface area contributed by atoms with E-state index in [1.54, 1.807) is 30.3 Å². The number of methoxy groups -OCH3 is 1. The van der Waals surface area contributed by atoms with Gasteiger partial charge < -0.3 is 4.74 Å². The van der Waals surface area contributed by atoms with Gasteiger partial charge in [-0.2, -0.15) is 13.2 Å². The van der Waals surface area contributed by atoms with E-state index in [0.717, 1.165) is 11.8 Å². The largest absolute Gasteiger partial charge is 0.494 e. The van der Waals surface area contributed by atoms with Gasteiger partial charge in [-0.1, -0.05) is 18.2 Å². The number of aromatic nitrogens is 1. The van der Waals surface area contributed by atoms with Gasteiger partial charge in [-0.3, -0.25) is 4.72 Å². The number of fused-ring (bicyclic) bond motifs is 1. The molecule has 1 aromatic heterocycles. The number of halogens is 3. The summed E-state index contributed by atoms with van der Waals surface area (Å²) in [6.45, 7) is 1.82. The molecule has 0 saturated carbocycles. The normalized spacial score (nSPS) is 12.2. The van der Waals surface area contributed by atoms with Crippen LogP contribution >= 0.6 is 0 Å². The van der Waals surface area contributed by atoms with Crippen LogP contribution in [0.3, 0.4) is 0 Å². The maximum atomic E-state index is 12.7. The molecule has 0 aliphatic rings. The van der Waals surface area contributed by atoms with Crippen LogP contribution < -0.4 is 9.46 Å². The van der Waals surface area contributed by atoms with Crippen LogP contribution in [0.2, 0.25) is 0 Å². The zero-order valence-corrected chi connectivity index (χ0v) is 16.8. The topological polar surface area (TPSA) is 68.3 Å². The highest BCUT2D eigenvalue weighted by Gasteiger charge is 2.27. The minimum absolute atomic E-state index is 0.153. The van der Waals surface area contributed by atoms with Crippen LogP contribution in [0.25, 0.3) is 22.2 Å². The Bertz CT molecular complexity index is 1180. The molecule has 5 nitrogen and oxygen atoms in total. The van der Waals surface area contributed by atoms with Crippen molar-refractivity contribution in [3.63, 3.8) is 0 Å². The Hall–Kier alpha value is -2.81. The van der Waals surface area contributed by atoms with Gasteiger partial charge in [-0.15, -0.1) is 0 Å². The van der Waals surface area contributed by atoms with Crippen molar-refractivity contribution in [2.24, 2.45) is 0 Å². The molecule has 0 unspecified atom stereocenters. The van der Waals surface area contributed by atoms with Crippen LogP contribution in [0.5, 0.6) is 5.75 Å². The molecular weight excluding hydrogens is 405 g/mol. The number of ether oxygens (including phenoxy) is 1. The van der Waals surface area contributed by atoms with Crippen molar-refractivity contribution in [3.05, 3.63) is 53.6 Å². The minimum Gasteiger partial charge on any atom is -0.494 e. The maximum Gasteiger partial charge on any atom is 0.393 e. The Labute approximate surface area is 166 Å². The second kappa shape index (κ2) is 7.55. The molecule has 0 bridgehead atoms. The second-order valence-electron chi connectivity index (χ2n) is 6.76. The Morgan fingerprint density at radius 2 is 1.86 bits per heavy atom. The third-order valence-corrected chi connectivity index (χ3v) is 4.85. The van der Waals surface area contributed by atoms with E-state index >= 15 is 0 Å². The number of aryl methyl sites for hydroxylation is 1. The van der Waals surface area contributed by atoms with Crippen LogP contribution in [-0.4, -0.2) is 32.9 Å². The number of anilines is 1. The number of nitrogens with one attached hydrogen (secondary N) is 1. The van der Waals surface area contributed by atoms with Crippen molar-refractivity contribution in [1.82, 2.24) is 4.98 Å². The van der Waals surface area contributed by atoms with E-state index in [4.69, 9.17) is 4.74 Å². The van der Waals surface area contributed by atoms with E-state index in [1.807, 2.05) is 6.92 Å². The summed E-state index contributed by atoms with van der Waals surface area (Å²) in [4.78, 5) is 4.55. The molecule has 0 amide bonds. The molecule has 1 heterocycles. The number of nitrogens with zero attached hydrogens (tertiary/aromatic N) is 1. The molecule has 3 rings (SSSR count). The average molecular weight is 424 g/mol. The quantitative estimate of drug-likeness (QED) is 0.645. The summed E-state index contributed by atoms with van der Waals surface area (Å²) in [6, 6.07) is 11.1. The summed E-state index contributed by atoms with van der Waals surface area (Å²) in [6.07, 6.45) is -4.26. The first-order valence-electron chi connectivity index (χ1n) is 8.58. The van der Waals surface area contributed by atoms with Gasteiger partial charge >= 0.3 is 6.18 Å². The number of pyridine rings is 1. The maximum absolute atomic E-state index is 12.7. The molecule has 0 spiro atoms. The zero-order chi connectivity index (χ0) is 21.4. The molecule has 154 valence electrons. The summed E-state index contributed by atoms with van der Waals surface area (Å²) in [5.41, 5.74) is 2.86. The van der Waals surface area contributed by atoms with Crippen LogP contribution in [0.15, 0.2) is 42.5 Å². The summed E-state index contributed by atoms with van der Waals surface area (Å²) in [5, 5.41) is 0.701. The van der Waals surface area contributed by atoms with E-state index in [2.05, 4.69) is 9.71 Å². The lowest BCUT2D eigenvalue weighted by Crippen LogP contribution is -2.11. The first kappa shape index (κ1) is 20.9. The fraction of sp³-hybridized carbons (Fsp3) is 0.250. The Morgan fingerprint density at radius 1 is 1.14 bits per heavy atom. The number of hydrogen-bond acceptors (Lipinski definition) is 4. The summed E-state index contributed by atoms with van der Waals surface area (Å²) < 4.78 is 69.0. The third kappa shape index (κ3) is 5.17. The van der Waals surface area contributed by atoms with E-state index in [1.165, 1.54) is 19.2 Å². The molecular formula is C20H19F3N2O3S. The Morgan fingerprint density at radius 3 is 2.48 bits per heavy atom. The molecule has 2 aromatic carbocycles. The minimum atomic E-state index is -4.29. The van der Waals surface area contributed by atoms with Gasteiger partial charge in [0.1, 0.15) is 5.75 Å². The number of rotatable bonds is 5. The van der Waals surface area contributed by atoms with Gasteiger partial charge in [0.15, 0.2) is 0 Å². The highest BCUT2D eigenvalue weighted by atomic mass is 32.2. The number of alkyl halides is 3.